The first-order chi connectivity index (χ1) is 7.40. The van der Waals surface area contributed by atoms with Gasteiger partial charge in [0, 0.05) is 0 Å². The van der Waals surface area contributed by atoms with Gasteiger partial charge < -0.3 is 14.5 Å². The topological polar surface area (TPSA) is 101 Å². The minimum absolute atomic E-state index is 0.0313. The van der Waals surface area contributed by atoms with Crippen molar-refractivity contribution in [1.29, 1.82) is 5.26 Å². The summed E-state index contributed by atoms with van der Waals surface area (Å²) in [5.41, 5.74) is -0.559. The van der Waals surface area contributed by atoms with E-state index in [9.17, 15) is 4.79 Å². The van der Waals surface area contributed by atoms with Crippen molar-refractivity contribution in [3.63, 3.8) is 0 Å². The fourth-order valence-corrected chi connectivity index (χ4v) is 0.832. The van der Waals surface area contributed by atoms with Gasteiger partial charge in [0.1, 0.15) is 5.60 Å². The molecule has 1 aromatic heterocycles. The van der Waals surface area contributed by atoms with Crippen LogP contribution in [0, 0.1) is 11.3 Å². The summed E-state index contributed by atoms with van der Waals surface area (Å²) in [5.74, 6) is 0.0170. The Morgan fingerprint density at radius 1 is 1.56 bits per heavy atom. The van der Waals surface area contributed by atoms with Crippen LogP contribution in [-0.4, -0.2) is 21.9 Å². The van der Waals surface area contributed by atoms with Crippen molar-refractivity contribution in [2.24, 2.45) is 0 Å². The van der Waals surface area contributed by atoms with E-state index in [0.29, 0.717) is 0 Å². The van der Waals surface area contributed by atoms with Crippen molar-refractivity contribution >= 4 is 6.09 Å². The molecule has 1 heterocycles. The van der Waals surface area contributed by atoms with E-state index in [0.717, 1.165) is 0 Å². The molecule has 0 aromatic carbocycles. The molecule has 0 aliphatic rings. The van der Waals surface area contributed by atoms with E-state index in [-0.39, 0.29) is 18.3 Å². The predicted molar refractivity (Wildman–Crippen MR) is 52.1 cm³/mol. The molecule has 1 amide bonds. The number of nitrogens with one attached hydrogen (secondary N) is 1. The van der Waals surface area contributed by atoms with Crippen LogP contribution in [0.15, 0.2) is 4.42 Å². The summed E-state index contributed by atoms with van der Waals surface area (Å²) < 4.78 is 9.85. The number of carbonyl (C=O) groups excluding carboxylic acids is 1. The zero-order valence-corrected chi connectivity index (χ0v) is 9.27. The van der Waals surface area contributed by atoms with Gasteiger partial charge in [-0.25, -0.2) is 4.79 Å². The third-order valence-corrected chi connectivity index (χ3v) is 1.35. The van der Waals surface area contributed by atoms with Crippen LogP contribution >= 0.6 is 0 Å². The number of alkyl carbamates (subject to hydrolysis) is 1. The smallest absolute Gasteiger partial charge is 0.408 e. The number of nitriles is 1. The summed E-state index contributed by atoms with van der Waals surface area (Å²) in [7, 11) is 0. The average molecular weight is 224 g/mol. The number of ether oxygens (including phenoxy) is 1. The average Bonchev–Trinajstić information content (AvgIpc) is 2.59. The summed E-state index contributed by atoms with van der Waals surface area (Å²) >= 11 is 0. The Labute approximate surface area is 92.4 Å². The van der Waals surface area contributed by atoms with E-state index < -0.39 is 11.7 Å². The van der Waals surface area contributed by atoms with Gasteiger partial charge in [-0.3, -0.25) is 0 Å². The number of hydrogen-bond donors (Lipinski definition) is 1. The number of nitrogens with zero attached hydrogens (tertiary/aromatic N) is 3. The molecule has 0 saturated carbocycles. The minimum atomic E-state index is -0.579. The molecule has 0 aliphatic carbocycles. The van der Waals surface area contributed by atoms with Crippen LogP contribution in [0.2, 0.25) is 0 Å². The lowest BCUT2D eigenvalue weighted by atomic mass is 10.2. The molecule has 0 atom stereocenters. The van der Waals surface area contributed by atoms with Crippen molar-refractivity contribution in [1.82, 2.24) is 15.5 Å². The number of carbonyl (C=O) groups is 1. The van der Waals surface area contributed by atoms with E-state index in [1.807, 2.05) is 0 Å². The molecular weight excluding hydrogens is 212 g/mol. The zero-order chi connectivity index (χ0) is 12.2. The third kappa shape index (κ3) is 3.96. The Morgan fingerprint density at radius 2 is 2.25 bits per heavy atom. The van der Waals surface area contributed by atoms with Gasteiger partial charge in [-0.2, -0.15) is 5.26 Å². The quantitative estimate of drug-likeness (QED) is 0.803. The monoisotopic (exact) mass is 224 g/mol. The summed E-state index contributed by atoms with van der Waals surface area (Å²) in [5, 5.41) is 17.8. The molecule has 16 heavy (non-hydrogen) atoms. The molecule has 1 rings (SSSR count). The zero-order valence-electron chi connectivity index (χ0n) is 9.27. The van der Waals surface area contributed by atoms with Gasteiger partial charge >= 0.3 is 12.0 Å². The number of rotatable bonds is 2. The van der Waals surface area contributed by atoms with Crippen LogP contribution in [0.5, 0.6) is 0 Å². The second-order valence-corrected chi connectivity index (χ2v) is 3.97. The van der Waals surface area contributed by atoms with Crippen molar-refractivity contribution in [2.45, 2.75) is 32.9 Å². The number of aromatic nitrogens is 2. The molecule has 0 fully saturated rings. The van der Waals surface area contributed by atoms with Gasteiger partial charge in [0.2, 0.25) is 5.89 Å². The first-order valence-corrected chi connectivity index (χ1v) is 4.60. The molecule has 0 unspecified atom stereocenters. The number of amides is 1. The molecule has 0 radical (unpaired) electrons. The maximum Gasteiger partial charge on any atom is 0.408 e. The first kappa shape index (κ1) is 12.0. The highest BCUT2D eigenvalue weighted by Gasteiger charge is 2.16. The second kappa shape index (κ2) is 4.61. The Balaban J connectivity index is 2.41. The normalized spacial score (nSPS) is 10.6. The van der Waals surface area contributed by atoms with Gasteiger partial charge in [0.05, 0.1) is 6.54 Å². The fourth-order valence-electron chi connectivity index (χ4n) is 0.832. The largest absolute Gasteiger partial charge is 0.444 e. The standard InChI is InChI=1S/C9H12N4O3/c1-9(2,3)16-8(14)11-5-7-13-12-6(4-10)15-7/h5H2,1-3H3,(H,11,14). The van der Waals surface area contributed by atoms with Crippen molar-refractivity contribution in [2.75, 3.05) is 0 Å². The Hall–Kier alpha value is -2.10. The molecule has 0 aliphatic heterocycles. The highest BCUT2D eigenvalue weighted by Crippen LogP contribution is 2.06. The third-order valence-electron chi connectivity index (χ3n) is 1.35. The Morgan fingerprint density at radius 3 is 2.75 bits per heavy atom. The molecule has 7 nitrogen and oxygen atoms in total. The van der Waals surface area contributed by atoms with E-state index in [4.69, 9.17) is 14.4 Å². The SMILES string of the molecule is CC(C)(C)OC(=O)NCc1nnc(C#N)o1. The van der Waals surface area contributed by atoms with E-state index in [1.165, 1.54) is 0 Å². The van der Waals surface area contributed by atoms with Crippen LogP contribution in [-0.2, 0) is 11.3 Å². The second-order valence-electron chi connectivity index (χ2n) is 3.97. The molecule has 0 saturated heterocycles. The molecule has 7 heteroatoms. The van der Waals surface area contributed by atoms with E-state index in [1.54, 1.807) is 26.8 Å². The highest BCUT2D eigenvalue weighted by molar-refractivity contribution is 5.67. The van der Waals surface area contributed by atoms with Crippen LogP contribution < -0.4 is 5.32 Å². The molecular formula is C9H12N4O3. The lowest BCUT2D eigenvalue weighted by Crippen LogP contribution is -2.32. The van der Waals surface area contributed by atoms with E-state index in [2.05, 4.69) is 15.5 Å². The molecule has 1 N–H and O–H groups in total. The predicted octanol–water partition coefficient (Wildman–Crippen LogP) is 0.966. The van der Waals surface area contributed by atoms with Crippen molar-refractivity contribution < 1.29 is 13.9 Å². The van der Waals surface area contributed by atoms with Gasteiger partial charge in [0.25, 0.3) is 0 Å². The van der Waals surface area contributed by atoms with Gasteiger partial charge in [-0.1, -0.05) is 5.10 Å². The fraction of sp³-hybridized carbons (Fsp3) is 0.556. The Kier molecular flexibility index (Phi) is 3.45. The lowest BCUT2D eigenvalue weighted by Gasteiger charge is -2.19. The summed E-state index contributed by atoms with van der Waals surface area (Å²) in [6.45, 7) is 5.30. The van der Waals surface area contributed by atoms with Crippen LogP contribution in [0.3, 0.4) is 0 Å². The van der Waals surface area contributed by atoms with E-state index >= 15 is 0 Å². The number of hydrogen-bond acceptors (Lipinski definition) is 6. The van der Waals surface area contributed by atoms with Crippen LogP contribution in [0.1, 0.15) is 32.6 Å². The molecule has 0 bridgehead atoms. The van der Waals surface area contributed by atoms with Gasteiger partial charge in [0.15, 0.2) is 6.07 Å². The molecule has 1 aromatic rings. The molecule has 86 valence electrons. The summed E-state index contributed by atoms with van der Waals surface area (Å²) in [4.78, 5) is 11.2. The van der Waals surface area contributed by atoms with Crippen LogP contribution in [0.25, 0.3) is 0 Å². The van der Waals surface area contributed by atoms with Crippen molar-refractivity contribution in [3.8, 4) is 6.07 Å². The maximum atomic E-state index is 11.2. The first-order valence-electron chi connectivity index (χ1n) is 4.60. The summed E-state index contributed by atoms with van der Waals surface area (Å²) in [6, 6.07) is 1.69. The lowest BCUT2D eigenvalue weighted by molar-refractivity contribution is 0.0519. The highest BCUT2D eigenvalue weighted by atomic mass is 16.6. The van der Waals surface area contributed by atoms with Gasteiger partial charge in [-0.05, 0) is 20.8 Å². The Bertz CT molecular complexity index is 413. The minimum Gasteiger partial charge on any atom is -0.444 e. The van der Waals surface area contributed by atoms with Gasteiger partial charge in [-0.15, -0.1) is 5.10 Å². The van der Waals surface area contributed by atoms with Crippen molar-refractivity contribution in [3.05, 3.63) is 11.8 Å². The van der Waals surface area contributed by atoms with Crippen LogP contribution in [0.4, 0.5) is 4.79 Å². The molecule has 0 spiro atoms. The summed E-state index contributed by atoms with van der Waals surface area (Å²) in [6.07, 6.45) is -0.579. The maximum absolute atomic E-state index is 11.2.